The molecule has 132 valence electrons. The van der Waals surface area contributed by atoms with Gasteiger partial charge in [0.1, 0.15) is 0 Å². The largest absolute Gasteiger partial charge is 0.325 e. The van der Waals surface area contributed by atoms with Gasteiger partial charge in [0.15, 0.2) is 0 Å². The van der Waals surface area contributed by atoms with E-state index in [1.807, 2.05) is 49.4 Å². The number of hydrogen-bond acceptors (Lipinski definition) is 3. The van der Waals surface area contributed by atoms with Gasteiger partial charge < -0.3 is 10.6 Å². The second-order valence-electron chi connectivity index (χ2n) is 5.48. The molecule has 2 aromatic carbocycles. The number of amides is 2. The summed E-state index contributed by atoms with van der Waals surface area (Å²) < 4.78 is 1.68. The molecule has 25 heavy (non-hydrogen) atoms. The highest BCUT2D eigenvalue weighted by Gasteiger charge is 2.16. The van der Waals surface area contributed by atoms with Crippen molar-refractivity contribution in [2.75, 3.05) is 16.4 Å². The van der Waals surface area contributed by atoms with Crippen molar-refractivity contribution >= 4 is 66.8 Å². The van der Waals surface area contributed by atoms with E-state index < -0.39 is 0 Å². The number of nitrogens with one attached hydrogen (secondary N) is 2. The molecule has 2 rings (SSSR count). The number of benzene rings is 2. The highest BCUT2D eigenvalue weighted by Crippen LogP contribution is 2.27. The highest BCUT2D eigenvalue weighted by atomic mass is 79.9. The molecule has 7 heteroatoms. The maximum atomic E-state index is 12.3. The smallest absolute Gasteiger partial charge is 0.237 e. The summed E-state index contributed by atoms with van der Waals surface area (Å²) in [6, 6.07) is 13.2. The Hall–Kier alpha value is -1.31. The van der Waals surface area contributed by atoms with Crippen molar-refractivity contribution in [3.8, 4) is 0 Å². The molecule has 0 aliphatic rings. The minimum absolute atomic E-state index is 0.128. The zero-order valence-corrected chi connectivity index (χ0v) is 17.8. The van der Waals surface area contributed by atoms with Gasteiger partial charge in [-0.1, -0.05) is 33.6 Å². The number of hydrogen-bond donors (Lipinski definition) is 2. The third kappa shape index (κ3) is 6.49. The van der Waals surface area contributed by atoms with Crippen molar-refractivity contribution in [1.82, 2.24) is 0 Å². The molecule has 2 N–H and O–H groups in total. The van der Waals surface area contributed by atoms with Gasteiger partial charge in [0.05, 0.1) is 16.7 Å². The minimum Gasteiger partial charge on any atom is -0.325 e. The minimum atomic E-state index is -0.352. The standard InChI is InChI=1S/C18H18Br2N2O2S/c1-11-3-6-14(7-4-11)21-17(23)10-25-12(2)18(24)22-16-9-13(19)5-8-15(16)20/h3-9,12H,10H2,1-2H3,(H,21,23)(H,22,24). The predicted octanol–water partition coefficient (Wildman–Crippen LogP) is 5.22. The van der Waals surface area contributed by atoms with Crippen LogP contribution < -0.4 is 10.6 Å². The number of carbonyl (C=O) groups is 2. The maximum absolute atomic E-state index is 12.3. The Balaban J connectivity index is 1.83. The van der Waals surface area contributed by atoms with Crippen molar-refractivity contribution in [2.45, 2.75) is 19.1 Å². The molecule has 1 unspecified atom stereocenters. The third-order valence-corrected chi connectivity index (χ3v) is 5.68. The van der Waals surface area contributed by atoms with Gasteiger partial charge in [-0.05, 0) is 60.1 Å². The molecule has 0 radical (unpaired) electrons. The zero-order chi connectivity index (χ0) is 18.4. The van der Waals surface area contributed by atoms with E-state index >= 15 is 0 Å². The van der Waals surface area contributed by atoms with Crippen molar-refractivity contribution in [3.05, 3.63) is 57.0 Å². The fourth-order valence-corrected chi connectivity index (χ4v) is 3.33. The topological polar surface area (TPSA) is 58.2 Å². The lowest BCUT2D eigenvalue weighted by molar-refractivity contribution is -0.115. The molecule has 0 aliphatic carbocycles. The summed E-state index contributed by atoms with van der Waals surface area (Å²) in [6.07, 6.45) is 0. The van der Waals surface area contributed by atoms with E-state index in [-0.39, 0.29) is 22.8 Å². The lowest BCUT2D eigenvalue weighted by atomic mass is 10.2. The molecule has 2 aromatic rings. The molecule has 0 spiro atoms. The van der Waals surface area contributed by atoms with Crippen LogP contribution in [0.25, 0.3) is 0 Å². The number of carbonyl (C=O) groups excluding carboxylic acids is 2. The van der Waals surface area contributed by atoms with E-state index in [2.05, 4.69) is 42.5 Å². The monoisotopic (exact) mass is 484 g/mol. The van der Waals surface area contributed by atoms with Gasteiger partial charge in [-0.15, -0.1) is 11.8 Å². The Kier molecular flexibility index (Phi) is 7.53. The average molecular weight is 486 g/mol. The Morgan fingerprint density at radius 2 is 1.76 bits per heavy atom. The van der Waals surface area contributed by atoms with E-state index in [1.54, 1.807) is 6.92 Å². The number of anilines is 2. The van der Waals surface area contributed by atoms with Gasteiger partial charge in [0, 0.05) is 14.6 Å². The lowest BCUT2D eigenvalue weighted by Crippen LogP contribution is -2.25. The Bertz CT molecular complexity index is 766. The fraction of sp³-hybridized carbons (Fsp3) is 0.222. The van der Waals surface area contributed by atoms with Gasteiger partial charge in [0.25, 0.3) is 0 Å². The normalized spacial score (nSPS) is 11.7. The molecular formula is C18H18Br2N2O2S. The van der Waals surface area contributed by atoms with Crippen LogP contribution >= 0.6 is 43.6 Å². The van der Waals surface area contributed by atoms with Gasteiger partial charge >= 0.3 is 0 Å². The number of aryl methyl sites for hydroxylation is 1. The number of thioether (sulfide) groups is 1. The zero-order valence-electron chi connectivity index (χ0n) is 13.8. The molecule has 2 amide bonds. The molecule has 4 nitrogen and oxygen atoms in total. The van der Waals surface area contributed by atoms with E-state index in [0.29, 0.717) is 5.69 Å². The molecule has 0 saturated heterocycles. The summed E-state index contributed by atoms with van der Waals surface area (Å²) in [7, 11) is 0. The Morgan fingerprint density at radius 1 is 1.08 bits per heavy atom. The van der Waals surface area contributed by atoms with Crippen molar-refractivity contribution < 1.29 is 9.59 Å². The maximum Gasteiger partial charge on any atom is 0.237 e. The summed E-state index contributed by atoms with van der Waals surface area (Å²) in [5.41, 5.74) is 2.58. The molecule has 0 bridgehead atoms. The van der Waals surface area contributed by atoms with Crippen LogP contribution in [0.1, 0.15) is 12.5 Å². The second kappa shape index (κ2) is 9.40. The SMILES string of the molecule is Cc1ccc(NC(=O)CSC(C)C(=O)Nc2cc(Br)ccc2Br)cc1. The van der Waals surface area contributed by atoms with Gasteiger partial charge in [-0.25, -0.2) is 0 Å². The molecule has 0 heterocycles. The van der Waals surface area contributed by atoms with Crippen molar-refractivity contribution in [3.63, 3.8) is 0 Å². The molecule has 1 atom stereocenters. The number of halogens is 2. The van der Waals surface area contributed by atoms with E-state index in [9.17, 15) is 9.59 Å². The number of rotatable bonds is 6. The molecule has 0 fully saturated rings. The van der Waals surface area contributed by atoms with Gasteiger partial charge in [-0.3, -0.25) is 9.59 Å². The van der Waals surface area contributed by atoms with Crippen LogP contribution in [0.5, 0.6) is 0 Å². The Morgan fingerprint density at radius 3 is 2.44 bits per heavy atom. The molecule has 0 saturated carbocycles. The van der Waals surface area contributed by atoms with Crippen LogP contribution in [0.3, 0.4) is 0 Å². The van der Waals surface area contributed by atoms with Crippen molar-refractivity contribution in [2.24, 2.45) is 0 Å². The van der Waals surface area contributed by atoms with Crippen LogP contribution in [-0.2, 0) is 9.59 Å². The van der Waals surface area contributed by atoms with E-state index in [1.165, 1.54) is 11.8 Å². The van der Waals surface area contributed by atoms with Crippen molar-refractivity contribution in [1.29, 1.82) is 0 Å². The Labute approximate surface area is 168 Å². The summed E-state index contributed by atoms with van der Waals surface area (Å²) in [4.78, 5) is 24.3. The van der Waals surface area contributed by atoms with Crippen LogP contribution in [0.15, 0.2) is 51.4 Å². The average Bonchev–Trinajstić information content (AvgIpc) is 2.58. The fourth-order valence-electron chi connectivity index (χ4n) is 1.94. The quantitative estimate of drug-likeness (QED) is 0.589. The van der Waals surface area contributed by atoms with Crippen LogP contribution in [0.4, 0.5) is 11.4 Å². The van der Waals surface area contributed by atoms with Gasteiger partial charge in [0.2, 0.25) is 11.8 Å². The first-order chi connectivity index (χ1) is 11.8. The lowest BCUT2D eigenvalue weighted by Gasteiger charge is -2.13. The van der Waals surface area contributed by atoms with Crippen LogP contribution in [0, 0.1) is 6.92 Å². The molecule has 0 aromatic heterocycles. The summed E-state index contributed by atoms with van der Waals surface area (Å²) in [5, 5.41) is 5.33. The highest BCUT2D eigenvalue weighted by molar-refractivity contribution is 9.11. The molecular weight excluding hydrogens is 468 g/mol. The summed E-state index contributed by atoms with van der Waals surface area (Å²) in [6.45, 7) is 3.77. The predicted molar refractivity (Wildman–Crippen MR) is 112 cm³/mol. The van der Waals surface area contributed by atoms with E-state index in [4.69, 9.17) is 0 Å². The van der Waals surface area contributed by atoms with Gasteiger partial charge in [-0.2, -0.15) is 0 Å². The van der Waals surface area contributed by atoms with Crippen LogP contribution in [-0.4, -0.2) is 22.8 Å². The molecule has 0 aliphatic heterocycles. The third-order valence-electron chi connectivity index (χ3n) is 3.36. The first-order valence-corrected chi connectivity index (χ1v) is 10.2. The second-order valence-corrected chi connectivity index (χ2v) is 8.58. The first-order valence-electron chi connectivity index (χ1n) is 7.59. The van der Waals surface area contributed by atoms with Crippen LogP contribution in [0.2, 0.25) is 0 Å². The summed E-state index contributed by atoms with van der Waals surface area (Å²) in [5.74, 6) is -0.0636. The first kappa shape index (κ1) is 20.0. The summed E-state index contributed by atoms with van der Waals surface area (Å²) >= 11 is 8.08. The van der Waals surface area contributed by atoms with E-state index in [0.717, 1.165) is 20.2 Å².